The molecule has 4 aromatic carbocycles. The second kappa shape index (κ2) is 31.1. The minimum Gasteiger partial charge on any atom is -0.423 e. The predicted molar refractivity (Wildman–Crippen MR) is 297 cm³/mol. The second-order valence-electron chi connectivity index (χ2n) is 14.6. The van der Waals surface area contributed by atoms with Gasteiger partial charge in [-0.25, -0.2) is 19.9 Å². The minimum absolute atomic E-state index is 0.104. The van der Waals surface area contributed by atoms with E-state index in [0.29, 0.717) is 16.4 Å². The summed E-state index contributed by atoms with van der Waals surface area (Å²) in [6.07, 6.45) is 16.6. The van der Waals surface area contributed by atoms with Crippen molar-refractivity contribution < 1.29 is 19.9 Å². The van der Waals surface area contributed by atoms with E-state index in [1.807, 2.05) is 84.9 Å². The van der Waals surface area contributed by atoms with Crippen LogP contribution < -0.4 is 16.5 Å². The van der Waals surface area contributed by atoms with Crippen LogP contribution in [-0.2, 0) is 0 Å². The number of nitrogens with zero attached hydrogens (tertiary/aromatic N) is 10. The number of nitrogens with one attached hydrogen (secondary N) is 1. The molecule has 0 spiro atoms. The lowest BCUT2D eigenvalue weighted by Crippen LogP contribution is -2.29. The summed E-state index contributed by atoms with van der Waals surface area (Å²) in [4.78, 5) is 50.4. The Hall–Kier alpha value is -8.63. The monoisotopic (exact) mass is 1120 g/mol. The van der Waals surface area contributed by atoms with Gasteiger partial charge in [0.2, 0.25) is 10.6 Å². The molecule has 0 aliphatic carbocycles. The fourth-order valence-electron chi connectivity index (χ4n) is 5.80. The van der Waals surface area contributed by atoms with Crippen molar-refractivity contribution in [3.05, 3.63) is 260 Å². The third kappa shape index (κ3) is 21.2. The molecule has 18 nitrogen and oxygen atoms in total. The maximum atomic E-state index is 10.4. The highest BCUT2D eigenvalue weighted by Gasteiger charge is 2.08. The summed E-state index contributed by atoms with van der Waals surface area (Å²) in [5.41, 5.74) is 14.6. The van der Waals surface area contributed by atoms with E-state index in [1.165, 1.54) is 42.9 Å². The molecule has 6 heterocycles. The number of hydrogen-bond donors (Lipinski definition) is 4. The van der Waals surface area contributed by atoms with Gasteiger partial charge in [-0.15, -0.1) is 0 Å². The van der Waals surface area contributed by atoms with Crippen LogP contribution in [0.5, 0.6) is 0 Å². The largest absolute Gasteiger partial charge is 0.488 e. The summed E-state index contributed by atoms with van der Waals surface area (Å²) in [6.45, 7) is 0. The number of nitro benzene ring substituents is 2. The summed E-state index contributed by atoms with van der Waals surface area (Å²) in [7, 11) is -1.38. The molecule has 0 fully saturated rings. The number of non-ortho nitro benzene ring substituents is 2. The van der Waals surface area contributed by atoms with Gasteiger partial charge in [-0.1, -0.05) is 51.8 Å². The third-order valence-electron chi connectivity index (χ3n) is 9.45. The topological polar surface area (TPSA) is 268 Å². The first-order chi connectivity index (χ1) is 36.2. The number of nitrogen functional groups attached to an aromatic ring is 1. The van der Waals surface area contributed by atoms with Crippen LogP contribution in [0.15, 0.2) is 224 Å². The second-order valence-corrected chi connectivity index (χ2v) is 16.6. The molecule has 0 bridgehead atoms. The van der Waals surface area contributed by atoms with E-state index in [1.54, 1.807) is 91.9 Å². The van der Waals surface area contributed by atoms with Crippen molar-refractivity contribution in [1.29, 1.82) is 0 Å². The van der Waals surface area contributed by atoms with Gasteiger partial charge in [0.1, 0.15) is 11.0 Å². The van der Waals surface area contributed by atoms with Crippen LogP contribution >= 0.6 is 50.7 Å². The molecule has 0 saturated heterocycles. The van der Waals surface area contributed by atoms with Crippen molar-refractivity contribution in [2.75, 3.05) is 11.1 Å². The van der Waals surface area contributed by atoms with E-state index < -0.39 is 17.0 Å². The van der Waals surface area contributed by atoms with Crippen LogP contribution in [0.3, 0.4) is 0 Å². The van der Waals surface area contributed by atoms with Crippen LogP contribution in [-0.4, -0.2) is 66.9 Å². The number of halogens is 4. The molecule has 23 heteroatoms. The molecule has 0 radical (unpaired) electrons. The first-order valence-electron chi connectivity index (χ1n) is 21.7. The van der Waals surface area contributed by atoms with E-state index >= 15 is 0 Å². The molecule has 0 saturated carbocycles. The van der Waals surface area contributed by atoms with E-state index in [9.17, 15) is 20.2 Å². The molecular formula is C52H41BBrCl3N12O6. The first kappa shape index (κ1) is 57.3. The molecule has 5 N–H and O–H groups in total. The highest BCUT2D eigenvalue weighted by atomic mass is 79.9. The quantitative estimate of drug-likeness (QED) is 0.0275. The molecule has 0 aliphatic rings. The Bertz CT molecular complexity index is 3250. The maximum Gasteiger partial charge on any atom is 0.488 e. The zero-order valence-electron chi connectivity index (χ0n) is 39.0. The molecule has 10 rings (SSSR count). The summed E-state index contributed by atoms with van der Waals surface area (Å²) >= 11 is 19.7. The number of nitro groups is 2. The smallest absolute Gasteiger partial charge is 0.423 e. The summed E-state index contributed by atoms with van der Waals surface area (Å²) < 4.78 is 0.845. The average Bonchev–Trinajstić information content (AvgIpc) is 3.43. The van der Waals surface area contributed by atoms with E-state index in [4.69, 9.17) is 50.6 Å². The Morgan fingerprint density at radius 3 is 1.19 bits per heavy atom. The molecule has 0 unspecified atom stereocenters. The molecule has 0 aliphatic heterocycles. The van der Waals surface area contributed by atoms with E-state index in [-0.39, 0.29) is 21.9 Å². The Morgan fingerprint density at radius 1 is 0.467 bits per heavy atom. The lowest BCUT2D eigenvalue weighted by atomic mass is 9.81. The van der Waals surface area contributed by atoms with Gasteiger partial charge in [0.15, 0.2) is 0 Å². The van der Waals surface area contributed by atoms with Crippen molar-refractivity contribution in [1.82, 2.24) is 39.9 Å². The Balaban J connectivity index is 0.000000171. The normalized spacial score (nSPS) is 9.73. The van der Waals surface area contributed by atoms with Gasteiger partial charge in [-0.3, -0.25) is 40.2 Å². The Labute approximate surface area is 453 Å². The number of pyridine rings is 4. The zero-order valence-corrected chi connectivity index (χ0v) is 42.8. The lowest BCUT2D eigenvalue weighted by Gasteiger charge is -2.07. The standard InChI is InChI=1S/C15H11ClN4.C11H8N2O2.C11H10N2.C6H4BrNO2.C5H6BNO2.C4H2Cl2N2/c16-15-18-10-7-14(20-15)19-13-3-1-11(2-4-13)12-5-8-17-9-6-12;14-13(15)11-3-1-9(2-4-11)10-5-7-12-8-6-10;12-11-3-1-9(2-4-11)10-5-7-13-8-6-10;7-5-1-3-6(4-2-5)8(9)10;8-6(9)5-1-3-7-4-2-5;5-3-1-2-7-4(6)8-3/h1-10H,(H,18,19,20);1-8H;1-8H,12H2;1-4H;1-4,8-9H;1-2H. The van der Waals surface area contributed by atoms with Crippen LogP contribution in [0.1, 0.15) is 0 Å². The zero-order chi connectivity index (χ0) is 53.8. The van der Waals surface area contributed by atoms with Gasteiger partial charge in [-0.2, -0.15) is 0 Å². The lowest BCUT2D eigenvalue weighted by molar-refractivity contribution is -0.385. The number of nitrogens with two attached hydrogens (primary N) is 1. The molecule has 0 atom stereocenters. The summed E-state index contributed by atoms with van der Waals surface area (Å²) in [6, 6.07) is 46.6. The van der Waals surface area contributed by atoms with Crippen molar-refractivity contribution in [3.63, 3.8) is 0 Å². The van der Waals surface area contributed by atoms with Gasteiger partial charge < -0.3 is 21.1 Å². The van der Waals surface area contributed by atoms with Crippen molar-refractivity contribution in [2.24, 2.45) is 0 Å². The van der Waals surface area contributed by atoms with Gasteiger partial charge in [0.25, 0.3) is 11.4 Å². The predicted octanol–water partition coefficient (Wildman–Crippen LogP) is 11.8. The SMILES string of the molecule is Clc1ccnc(Cl)n1.Clc1nccc(Nc2ccc(-c3ccncc3)cc2)n1.Nc1ccc(-c2ccncc2)cc1.O=[N+]([O-])c1ccc(-c2ccncc2)cc1.O=[N+]([O-])c1ccc(Br)cc1.OB(O)c1ccncc1. The van der Waals surface area contributed by atoms with Crippen molar-refractivity contribution in [3.8, 4) is 33.4 Å². The number of anilines is 3. The number of rotatable bonds is 8. The molecule has 376 valence electrons. The fourth-order valence-corrected chi connectivity index (χ4v) is 6.53. The van der Waals surface area contributed by atoms with Gasteiger partial charge >= 0.3 is 7.12 Å². The summed E-state index contributed by atoms with van der Waals surface area (Å²) in [5, 5.41) is 41.6. The third-order valence-corrected chi connectivity index (χ3v) is 10.6. The molecular weight excluding hydrogens is 1090 g/mol. The van der Waals surface area contributed by atoms with E-state index in [2.05, 4.69) is 61.1 Å². The summed E-state index contributed by atoms with van der Waals surface area (Å²) in [5.74, 6) is 0.668. The molecule has 10 aromatic rings. The molecule has 0 amide bonds. The fraction of sp³-hybridized carbons (Fsp3) is 0. The van der Waals surface area contributed by atoms with Crippen LogP contribution in [0.2, 0.25) is 15.7 Å². The van der Waals surface area contributed by atoms with Gasteiger partial charge in [-0.05, 0) is 171 Å². The maximum absolute atomic E-state index is 10.4. The molecule has 75 heavy (non-hydrogen) atoms. The highest BCUT2D eigenvalue weighted by molar-refractivity contribution is 9.10. The Morgan fingerprint density at radius 2 is 0.827 bits per heavy atom. The van der Waals surface area contributed by atoms with Crippen LogP contribution in [0, 0.1) is 20.2 Å². The number of hydrogen-bond acceptors (Lipinski definition) is 16. The first-order valence-corrected chi connectivity index (χ1v) is 23.6. The van der Waals surface area contributed by atoms with Crippen molar-refractivity contribution in [2.45, 2.75) is 0 Å². The van der Waals surface area contributed by atoms with Gasteiger partial charge in [0.05, 0.1) is 9.85 Å². The van der Waals surface area contributed by atoms with E-state index in [0.717, 1.165) is 49.2 Å². The van der Waals surface area contributed by atoms with Crippen LogP contribution in [0.25, 0.3) is 33.4 Å². The average molecular weight is 1130 g/mol. The number of benzene rings is 4. The Kier molecular flexibility index (Phi) is 23.7. The van der Waals surface area contributed by atoms with Gasteiger partial charge in [0, 0.05) is 102 Å². The minimum atomic E-state index is -1.38. The van der Waals surface area contributed by atoms with Crippen molar-refractivity contribution >= 4 is 91.9 Å². The highest BCUT2D eigenvalue weighted by Crippen LogP contribution is 2.24. The van der Waals surface area contributed by atoms with Crippen LogP contribution in [0.4, 0.5) is 28.6 Å². The number of aromatic nitrogens is 8. The molecule has 6 aromatic heterocycles.